The molecule has 0 radical (unpaired) electrons. The molecule has 120 valence electrons. The Morgan fingerprint density at radius 1 is 1.08 bits per heavy atom. The van der Waals surface area contributed by atoms with Gasteiger partial charge in [-0.15, -0.1) is 5.10 Å². The quantitative estimate of drug-likeness (QED) is 0.599. The molecule has 4 rings (SSSR count). The van der Waals surface area contributed by atoms with Crippen LogP contribution in [0.25, 0.3) is 16.8 Å². The number of hydrogen-bond acceptors (Lipinski definition) is 6. The number of pyridine rings is 1. The monoisotopic (exact) mass is 327 g/mol. The average Bonchev–Trinajstić information content (AvgIpc) is 3.06. The molecule has 3 N–H and O–H groups in total. The summed E-state index contributed by atoms with van der Waals surface area (Å²) in [7, 11) is 0. The van der Waals surface area contributed by atoms with Crippen molar-refractivity contribution in [3.05, 3.63) is 66.7 Å². The van der Waals surface area contributed by atoms with Gasteiger partial charge in [-0.3, -0.25) is 4.98 Å². The maximum atomic E-state index is 9.14. The number of fused-ring (bicyclic) bond motifs is 1. The Morgan fingerprint density at radius 2 is 1.96 bits per heavy atom. The molecule has 0 aliphatic carbocycles. The Labute approximate surface area is 143 Å². The minimum absolute atomic E-state index is 0.328. The van der Waals surface area contributed by atoms with Crippen molar-refractivity contribution >= 4 is 22.8 Å². The fourth-order valence-corrected chi connectivity index (χ4v) is 2.59. The van der Waals surface area contributed by atoms with Gasteiger partial charge in [0.1, 0.15) is 6.07 Å². The Balaban J connectivity index is 1.71. The van der Waals surface area contributed by atoms with Crippen molar-refractivity contribution in [2.75, 3.05) is 11.1 Å². The first-order valence-electron chi connectivity index (χ1n) is 7.56. The molecule has 1 aromatic carbocycles. The lowest BCUT2D eigenvalue weighted by Gasteiger charge is -2.09. The Morgan fingerprint density at radius 3 is 2.76 bits per heavy atom. The number of benzene rings is 1. The van der Waals surface area contributed by atoms with Crippen LogP contribution < -0.4 is 11.1 Å². The first-order chi connectivity index (χ1) is 12.2. The number of hydrogen-bond donors (Lipinski definition) is 2. The highest BCUT2D eigenvalue weighted by molar-refractivity contribution is 5.73. The summed E-state index contributed by atoms with van der Waals surface area (Å²) in [5, 5.41) is 16.8. The molecule has 3 heterocycles. The SMILES string of the molecule is N#Cc1cnc2c(N)cc(Nc3cccc(-c4cccnc4)c3)nn12. The van der Waals surface area contributed by atoms with E-state index in [2.05, 4.69) is 20.4 Å². The maximum Gasteiger partial charge on any atom is 0.178 e. The van der Waals surface area contributed by atoms with Gasteiger partial charge < -0.3 is 11.1 Å². The van der Waals surface area contributed by atoms with E-state index in [4.69, 9.17) is 11.0 Å². The van der Waals surface area contributed by atoms with Crippen LogP contribution in [0, 0.1) is 11.3 Å². The molecule has 0 atom stereocenters. The van der Waals surface area contributed by atoms with Crippen LogP contribution in [0.4, 0.5) is 17.2 Å². The van der Waals surface area contributed by atoms with Gasteiger partial charge in [0, 0.05) is 29.7 Å². The van der Waals surface area contributed by atoms with Crippen molar-refractivity contribution in [1.82, 2.24) is 19.6 Å². The van der Waals surface area contributed by atoms with Gasteiger partial charge >= 0.3 is 0 Å². The zero-order chi connectivity index (χ0) is 17.2. The first kappa shape index (κ1) is 14.7. The van der Waals surface area contributed by atoms with E-state index < -0.39 is 0 Å². The van der Waals surface area contributed by atoms with E-state index in [0.29, 0.717) is 22.8 Å². The third-order valence-corrected chi connectivity index (χ3v) is 3.74. The summed E-state index contributed by atoms with van der Waals surface area (Å²) in [6.45, 7) is 0. The lowest BCUT2D eigenvalue weighted by molar-refractivity contribution is 0.928. The summed E-state index contributed by atoms with van der Waals surface area (Å²) in [4.78, 5) is 8.25. The van der Waals surface area contributed by atoms with Gasteiger partial charge in [-0.2, -0.15) is 9.78 Å². The number of imidazole rings is 1. The molecule has 0 aliphatic rings. The van der Waals surface area contributed by atoms with Gasteiger partial charge in [-0.1, -0.05) is 18.2 Å². The van der Waals surface area contributed by atoms with E-state index in [1.165, 1.54) is 10.7 Å². The number of nitrogens with two attached hydrogens (primary N) is 1. The second kappa shape index (κ2) is 5.94. The predicted octanol–water partition coefficient (Wildman–Crippen LogP) is 2.99. The fourth-order valence-electron chi connectivity index (χ4n) is 2.59. The number of nitriles is 1. The Kier molecular flexibility index (Phi) is 3.48. The molecule has 0 aliphatic heterocycles. The van der Waals surface area contributed by atoms with Crippen LogP contribution in [0.5, 0.6) is 0 Å². The number of rotatable bonds is 3. The van der Waals surface area contributed by atoms with Gasteiger partial charge in [0.05, 0.1) is 11.9 Å². The highest BCUT2D eigenvalue weighted by atomic mass is 15.3. The number of anilines is 3. The molecule has 0 amide bonds. The molecule has 0 saturated carbocycles. The van der Waals surface area contributed by atoms with Crippen LogP contribution >= 0.6 is 0 Å². The number of nitrogens with one attached hydrogen (secondary N) is 1. The van der Waals surface area contributed by atoms with E-state index >= 15 is 0 Å². The molecule has 0 saturated heterocycles. The lowest BCUT2D eigenvalue weighted by Crippen LogP contribution is -2.03. The number of nitrogen functional groups attached to an aromatic ring is 1. The van der Waals surface area contributed by atoms with Crippen molar-refractivity contribution in [3.8, 4) is 17.2 Å². The minimum Gasteiger partial charge on any atom is -0.396 e. The zero-order valence-electron chi connectivity index (χ0n) is 13.1. The fraction of sp³-hybridized carbons (Fsp3) is 0. The molecule has 25 heavy (non-hydrogen) atoms. The summed E-state index contributed by atoms with van der Waals surface area (Å²) < 4.78 is 1.43. The maximum absolute atomic E-state index is 9.14. The Hall–Kier alpha value is -3.92. The highest BCUT2D eigenvalue weighted by Gasteiger charge is 2.09. The van der Waals surface area contributed by atoms with Gasteiger partial charge in [0.15, 0.2) is 17.2 Å². The zero-order valence-corrected chi connectivity index (χ0v) is 13.1. The predicted molar refractivity (Wildman–Crippen MR) is 95.1 cm³/mol. The molecule has 7 heteroatoms. The van der Waals surface area contributed by atoms with Crippen LogP contribution in [-0.2, 0) is 0 Å². The van der Waals surface area contributed by atoms with Crippen molar-refractivity contribution < 1.29 is 0 Å². The standard InChI is InChI=1S/C18H13N7/c19-9-15-11-22-18-16(20)8-17(24-25(15)18)23-14-5-1-3-12(7-14)13-4-2-6-21-10-13/h1-8,10-11H,20H2,(H,23,24). The number of nitrogens with zero attached hydrogens (tertiary/aromatic N) is 5. The van der Waals surface area contributed by atoms with E-state index in [1.807, 2.05) is 48.7 Å². The summed E-state index contributed by atoms with van der Waals surface area (Å²) in [6.07, 6.45) is 5.00. The van der Waals surface area contributed by atoms with E-state index in [9.17, 15) is 0 Å². The minimum atomic E-state index is 0.328. The van der Waals surface area contributed by atoms with Crippen LogP contribution in [0.15, 0.2) is 61.1 Å². The van der Waals surface area contributed by atoms with E-state index in [0.717, 1.165) is 16.8 Å². The lowest BCUT2D eigenvalue weighted by atomic mass is 10.1. The summed E-state index contributed by atoms with van der Waals surface area (Å²) in [5.41, 5.74) is 10.2. The molecule has 4 aromatic rings. The van der Waals surface area contributed by atoms with Crippen LogP contribution in [0.1, 0.15) is 5.69 Å². The van der Waals surface area contributed by atoms with Crippen LogP contribution in [-0.4, -0.2) is 19.6 Å². The van der Waals surface area contributed by atoms with Gasteiger partial charge in [0.25, 0.3) is 0 Å². The van der Waals surface area contributed by atoms with Crippen molar-refractivity contribution in [2.24, 2.45) is 0 Å². The van der Waals surface area contributed by atoms with Crippen LogP contribution in [0.2, 0.25) is 0 Å². The molecule has 0 spiro atoms. The molecule has 7 nitrogen and oxygen atoms in total. The normalized spacial score (nSPS) is 10.5. The summed E-state index contributed by atoms with van der Waals surface area (Å²) in [5.74, 6) is 0.530. The number of aromatic nitrogens is 4. The summed E-state index contributed by atoms with van der Waals surface area (Å²) in [6, 6.07) is 15.5. The molecule has 0 unspecified atom stereocenters. The molecular weight excluding hydrogens is 314 g/mol. The third-order valence-electron chi connectivity index (χ3n) is 3.74. The van der Waals surface area contributed by atoms with Crippen molar-refractivity contribution in [3.63, 3.8) is 0 Å². The third kappa shape index (κ3) is 2.72. The second-order valence-electron chi connectivity index (χ2n) is 5.42. The van der Waals surface area contributed by atoms with Crippen molar-refractivity contribution in [1.29, 1.82) is 5.26 Å². The van der Waals surface area contributed by atoms with Crippen LogP contribution in [0.3, 0.4) is 0 Å². The average molecular weight is 327 g/mol. The second-order valence-corrected chi connectivity index (χ2v) is 5.42. The molecular formula is C18H13N7. The van der Waals surface area contributed by atoms with Crippen molar-refractivity contribution in [2.45, 2.75) is 0 Å². The van der Waals surface area contributed by atoms with E-state index in [1.54, 1.807) is 12.3 Å². The van der Waals surface area contributed by atoms with Gasteiger partial charge in [0.2, 0.25) is 0 Å². The topological polar surface area (TPSA) is 105 Å². The van der Waals surface area contributed by atoms with Gasteiger partial charge in [-0.05, 0) is 23.8 Å². The summed E-state index contributed by atoms with van der Waals surface area (Å²) >= 11 is 0. The van der Waals surface area contributed by atoms with E-state index in [-0.39, 0.29) is 0 Å². The Bertz CT molecular complexity index is 1090. The molecule has 3 aromatic heterocycles. The van der Waals surface area contributed by atoms with Gasteiger partial charge in [-0.25, -0.2) is 4.98 Å². The highest BCUT2D eigenvalue weighted by Crippen LogP contribution is 2.25. The smallest absolute Gasteiger partial charge is 0.178 e. The largest absolute Gasteiger partial charge is 0.396 e. The first-order valence-corrected chi connectivity index (χ1v) is 7.56. The molecule has 0 fully saturated rings. The molecule has 0 bridgehead atoms.